The number of aromatic hydroxyl groups is 2. The fourth-order valence-corrected chi connectivity index (χ4v) is 5.06. The Bertz CT molecular complexity index is 1090. The summed E-state index contributed by atoms with van der Waals surface area (Å²) in [6, 6.07) is 18.6. The van der Waals surface area contributed by atoms with E-state index in [0.717, 1.165) is 23.1 Å². The molecule has 0 fully saturated rings. The summed E-state index contributed by atoms with van der Waals surface area (Å²) in [6.07, 6.45) is 0.935. The predicted molar refractivity (Wildman–Crippen MR) is 113 cm³/mol. The number of fused-ring (bicyclic) bond motifs is 8. The molecule has 4 nitrogen and oxygen atoms in total. The predicted octanol–water partition coefficient (Wildman–Crippen LogP) is 5.00. The first kappa shape index (κ1) is 17.8. The van der Waals surface area contributed by atoms with Gasteiger partial charge >= 0.3 is 0 Å². The first-order chi connectivity index (χ1) is 13.9. The number of phenolic OH excluding ortho intramolecular Hbond substituents is 2. The number of hydrogen-bond donors (Lipinski definition) is 3. The summed E-state index contributed by atoms with van der Waals surface area (Å²) in [6.45, 7) is 4.34. The number of carbonyl (C=O) groups excluding carboxylic acids is 1. The normalized spacial score (nSPS) is 24.8. The molecule has 1 aliphatic carbocycles. The van der Waals surface area contributed by atoms with Crippen LogP contribution in [0.1, 0.15) is 59.9 Å². The summed E-state index contributed by atoms with van der Waals surface area (Å²) in [4.78, 5) is 13.6. The van der Waals surface area contributed by atoms with Crippen LogP contribution >= 0.6 is 0 Å². The molecule has 1 spiro atoms. The van der Waals surface area contributed by atoms with Crippen molar-refractivity contribution in [1.29, 1.82) is 0 Å². The van der Waals surface area contributed by atoms with Crippen molar-refractivity contribution in [1.82, 2.24) is 0 Å². The summed E-state index contributed by atoms with van der Waals surface area (Å²) >= 11 is 0. The van der Waals surface area contributed by atoms with Crippen molar-refractivity contribution in [3.05, 3.63) is 88.5 Å². The van der Waals surface area contributed by atoms with Gasteiger partial charge in [-0.1, -0.05) is 56.3 Å². The highest BCUT2D eigenvalue weighted by Gasteiger charge is 2.52. The second-order valence-electron chi connectivity index (χ2n) is 8.34. The minimum absolute atomic E-state index is 0.0474. The Kier molecular flexibility index (Phi) is 3.75. The molecule has 1 aliphatic heterocycles. The molecule has 2 unspecified atom stereocenters. The van der Waals surface area contributed by atoms with Crippen molar-refractivity contribution in [2.45, 2.75) is 37.5 Å². The Hall–Kier alpha value is -3.27. The van der Waals surface area contributed by atoms with Gasteiger partial charge in [0.1, 0.15) is 16.9 Å². The Morgan fingerprint density at radius 3 is 1.97 bits per heavy atom. The van der Waals surface area contributed by atoms with Crippen molar-refractivity contribution in [3.8, 4) is 11.5 Å². The molecule has 3 aromatic rings. The summed E-state index contributed by atoms with van der Waals surface area (Å²) in [5, 5.41) is 24.8. The maximum absolute atomic E-state index is 13.6. The molecule has 3 N–H and O–H groups in total. The van der Waals surface area contributed by atoms with Crippen LogP contribution in [0.5, 0.6) is 11.5 Å². The highest BCUT2D eigenvalue weighted by Crippen LogP contribution is 2.53. The second kappa shape index (κ2) is 6.11. The van der Waals surface area contributed by atoms with Crippen LogP contribution in [0.4, 0.5) is 5.69 Å². The number of carbonyl (C=O) groups is 1. The van der Waals surface area contributed by atoms with Crippen molar-refractivity contribution >= 4 is 11.6 Å². The van der Waals surface area contributed by atoms with Crippen LogP contribution in [0.15, 0.2) is 60.7 Å². The standard InChI is InChI=1S/C25H23NO3/c1-14-11-15(2)17-8-10-23(28)20(13-17)25(19-12-16(14)7-9-22(19)27)18-5-3-4-6-21(18)26-24(25)29/h3-10,12-15,27-28H,11H2,1-2H3,(H,26,29). The van der Waals surface area contributed by atoms with E-state index in [0.29, 0.717) is 16.8 Å². The third-order valence-corrected chi connectivity index (χ3v) is 6.61. The number of phenols is 2. The summed E-state index contributed by atoms with van der Waals surface area (Å²) in [5.41, 5.74) is 3.29. The molecule has 0 saturated heterocycles. The van der Waals surface area contributed by atoms with E-state index in [4.69, 9.17) is 0 Å². The fraction of sp³-hybridized carbons (Fsp3) is 0.240. The number of amides is 1. The van der Waals surface area contributed by atoms with Crippen LogP contribution < -0.4 is 5.32 Å². The molecule has 0 saturated carbocycles. The minimum atomic E-state index is -1.31. The van der Waals surface area contributed by atoms with Crippen LogP contribution in [0.25, 0.3) is 0 Å². The number of para-hydroxylation sites is 1. The molecule has 29 heavy (non-hydrogen) atoms. The van der Waals surface area contributed by atoms with E-state index in [-0.39, 0.29) is 29.2 Å². The van der Waals surface area contributed by atoms with Gasteiger partial charge in [0, 0.05) is 22.4 Å². The molecule has 4 heteroatoms. The molecule has 3 aromatic carbocycles. The third kappa shape index (κ3) is 2.35. The van der Waals surface area contributed by atoms with Crippen LogP contribution in [0.2, 0.25) is 0 Å². The van der Waals surface area contributed by atoms with Gasteiger partial charge in [-0.2, -0.15) is 0 Å². The monoisotopic (exact) mass is 385 g/mol. The number of anilines is 1. The number of benzene rings is 3. The average molecular weight is 385 g/mol. The minimum Gasteiger partial charge on any atom is -0.508 e. The van der Waals surface area contributed by atoms with Gasteiger partial charge in [-0.05, 0) is 47.6 Å². The molecule has 0 radical (unpaired) electrons. The van der Waals surface area contributed by atoms with Gasteiger partial charge in [-0.3, -0.25) is 4.79 Å². The largest absolute Gasteiger partial charge is 0.508 e. The lowest BCUT2D eigenvalue weighted by atomic mass is 9.67. The Labute approximate surface area is 169 Å². The molecule has 2 atom stereocenters. The molecular weight excluding hydrogens is 362 g/mol. The fourth-order valence-electron chi connectivity index (χ4n) is 5.06. The van der Waals surface area contributed by atoms with Crippen molar-refractivity contribution in [2.75, 3.05) is 5.32 Å². The molecular formula is C25H23NO3. The van der Waals surface area contributed by atoms with Crippen molar-refractivity contribution in [2.24, 2.45) is 0 Å². The maximum Gasteiger partial charge on any atom is 0.244 e. The van der Waals surface area contributed by atoms with E-state index < -0.39 is 5.41 Å². The number of nitrogens with one attached hydrogen (secondary N) is 1. The maximum atomic E-state index is 13.6. The van der Waals surface area contributed by atoms with Crippen LogP contribution in [0, 0.1) is 0 Å². The summed E-state index contributed by atoms with van der Waals surface area (Å²) in [7, 11) is 0. The quantitative estimate of drug-likeness (QED) is 0.510. The van der Waals surface area contributed by atoms with E-state index in [1.54, 1.807) is 12.1 Å². The van der Waals surface area contributed by atoms with Gasteiger partial charge in [-0.25, -0.2) is 0 Å². The van der Waals surface area contributed by atoms with Crippen molar-refractivity contribution in [3.63, 3.8) is 0 Å². The Morgan fingerprint density at radius 2 is 1.38 bits per heavy atom. The van der Waals surface area contributed by atoms with E-state index >= 15 is 0 Å². The molecule has 5 rings (SSSR count). The van der Waals surface area contributed by atoms with Crippen LogP contribution in [0.3, 0.4) is 0 Å². The zero-order valence-electron chi connectivity index (χ0n) is 16.4. The number of rotatable bonds is 0. The average Bonchev–Trinajstić information content (AvgIpc) is 3.00. The van der Waals surface area contributed by atoms with Gasteiger partial charge in [0.05, 0.1) is 0 Å². The first-order valence-corrected chi connectivity index (χ1v) is 10.0. The third-order valence-electron chi connectivity index (χ3n) is 6.61. The Morgan fingerprint density at radius 1 is 0.828 bits per heavy atom. The highest BCUT2D eigenvalue weighted by atomic mass is 16.3. The number of hydrogen-bond acceptors (Lipinski definition) is 3. The lowest BCUT2D eigenvalue weighted by Crippen LogP contribution is -2.37. The summed E-state index contributed by atoms with van der Waals surface area (Å²) < 4.78 is 0. The van der Waals surface area contributed by atoms with Crippen LogP contribution in [-0.2, 0) is 10.2 Å². The lowest BCUT2D eigenvalue weighted by Gasteiger charge is -2.33. The van der Waals surface area contributed by atoms with Gasteiger partial charge in [0.25, 0.3) is 0 Å². The van der Waals surface area contributed by atoms with Gasteiger partial charge in [-0.15, -0.1) is 0 Å². The molecule has 1 amide bonds. The zero-order valence-corrected chi connectivity index (χ0v) is 16.4. The SMILES string of the molecule is CC1CC(C)c2ccc(O)c(c2)C2(C(=O)Nc3ccccc32)c2cc1ccc2O. The van der Waals surface area contributed by atoms with E-state index in [2.05, 4.69) is 19.2 Å². The van der Waals surface area contributed by atoms with Gasteiger partial charge in [0.15, 0.2) is 0 Å². The van der Waals surface area contributed by atoms with E-state index in [1.807, 2.05) is 48.5 Å². The van der Waals surface area contributed by atoms with Gasteiger partial charge < -0.3 is 15.5 Å². The second-order valence-corrected chi connectivity index (χ2v) is 8.34. The Balaban J connectivity index is 1.97. The zero-order chi connectivity index (χ0) is 20.3. The topological polar surface area (TPSA) is 69.6 Å². The highest BCUT2D eigenvalue weighted by molar-refractivity contribution is 6.12. The van der Waals surface area contributed by atoms with E-state index in [9.17, 15) is 15.0 Å². The molecule has 2 aliphatic rings. The molecule has 4 bridgehead atoms. The molecule has 1 heterocycles. The molecule has 0 aromatic heterocycles. The van der Waals surface area contributed by atoms with Crippen LogP contribution in [-0.4, -0.2) is 16.1 Å². The molecule has 146 valence electrons. The summed E-state index contributed by atoms with van der Waals surface area (Å²) in [5.74, 6) is 0.352. The first-order valence-electron chi connectivity index (χ1n) is 10.0. The van der Waals surface area contributed by atoms with E-state index in [1.165, 1.54) is 0 Å². The smallest absolute Gasteiger partial charge is 0.244 e. The van der Waals surface area contributed by atoms with Gasteiger partial charge in [0.2, 0.25) is 5.91 Å². The lowest BCUT2D eigenvalue weighted by molar-refractivity contribution is -0.118. The van der Waals surface area contributed by atoms with Crippen molar-refractivity contribution < 1.29 is 15.0 Å².